The number of nitro benzene ring substituents is 1. The minimum absolute atomic E-state index is 0.0725. The number of hydrogen-bond acceptors (Lipinski definition) is 8. The van der Waals surface area contributed by atoms with Gasteiger partial charge in [-0.3, -0.25) is 14.9 Å². The number of carbonyl (C=O) groups excluding carboxylic acids is 1. The number of alkyl halides is 2. The lowest BCUT2D eigenvalue weighted by Crippen LogP contribution is -2.22. The van der Waals surface area contributed by atoms with Crippen LogP contribution in [0.25, 0.3) is 0 Å². The number of nitrogens with one attached hydrogen (secondary N) is 1. The highest BCUT2D eigenvalue weighted by molar-refractivity contribution is 7.89. The second kappa shape index (κ2) is 9.74. The summed E-state index contributed by atoms with van der Waals surface area (Å²) >= 11 is 0. The molecule has 0 atom stereocenters. The number of halogens is 2. The zero-order chi connectivity index (χ0) is 24.2. The van der Waals surface area contributed by atoms with Crippen LogP contribution in [0.15, 0.2) is 35.2 Å². The van der Waals surface area contributed by atoms with Gasteiger partial charge in [-0.2, -0.15) is 8.78 Å². The topological polar surface area (TPSA) is 137 Å². The van der Waals surface area contributed by atoms with E-state index in [1.165, 1.54) is 33.3 Å². The van der Waals surface area contributed by atoms with Crippen molar-refractivity contribution in [2.75, 3.05) is 33.6 Å². The number of sulfonamides is 1. The van der Waals surface area contributed by atoms with Gasteiger partial charge in [-0.1, -0.05) is 0 Å². The van der Waals surface area contributed by atoms with Gasteiger partial charge in [0, 0.05) is 20.2 Å². The predicted molar refractivity (Wildman–Crippen MR) is 108 cm³/mol. The number of hydrogen-bond donors (Lipinski definition) is 1. The van der Waals surface area contributed by atoms with Gasteiger partial charge in [0.2, 0.25) is 10.0 Å². The molecule has 0 aliphatic rings. The molecule has 0 fully saturated rings. The van der Waals surface area contributed by atoms with Crippen molar-refractivity contribution in [2.45, 2.75) is 11.5 Å². The fourth-order valence-electron chi connectivity index (χ4n) is 2.58. The average Bonchev–Trinajstić information content (AvgIpc) is 2.72. The van der Waals surface area contributed by atoms with Crippen LogP contribution in [0, 0.1) is 10.1 Å². The van der Waals surface area contributed by atoms with E-state index in [1.54, 1.807) is 0 Å². The van der Waals surface area contributed by atoms with E-state index < -0.39 is 44.5 Å². The molecule has 0 radical (unpaired) electrons. The lowest BCUT2D eigenvalue weighted by Gasteiger charge is -2.16. The predicted octanol–water partition coefficient (Wildman–Crippen LogP) is 2.72. The maximum absolute atomic E-state index is 12.8. The van der Waals surface area contributed by atoms with Gasteiger partial charge in [0.1, 0.15) is 11.3 Å². The van der Waals surface area contributed by atoms with Gasteiger partial charge < -0.3 is 19.5 Å². The highest BCUT2D eigenvalue weighted by atomic mass is 32.2. The summed E-state index contributed by atoms with van der Waals surface area (Å²) in [6, 6.07) is 5.15. The third-order valence-electron chi connectivity index (χ3n) is 4.14. The fourth-order valence-corrected chi connectivity index (χ4v) is 3.50. The largest absolute Gasteiger partial charge is 0.495 e. The SMILES string of the molecule is COc1ccc(S(=O)(=O)N(C)C)cc1NC(=O)c1cc(OC)c(OC(F)F)cc1[N+](=O)[O-]. The Kier molecular flexibility index (Phi) is 7.53. The summed E-state index contributed by atoms with van der Waals surface area (Å²) in [5, 5.41) is 13.8. The molecule has 0 spiro atoms. The number of amides is 1. The van der Waals surface area contributed by atoms with Gasteiger partial charge in [0.25, 0.3) is 11.6 Å². The third-order valence-corrected chi connectivity index (χ3v) is 5.95. The van der Waals surface area contributed by atoms with Crippen molar-refractivity contribution in [1.82, 2.24) is 4.31 Å². The molecule has 14 heteroatoms. The Bertz CT molecular complexity index is 1140. The van der Waals surface area contributed by atoms with Gasteiger partial charge in [0.05, 0.1) is 35.8 Å². The molecule has 0 aliphatic heterocycles. The molecular weight excluding hydrogens is 456 g/mol. The maximum atomic E-state index is 12.8. The first-order valence-corrected chi connectivity index (χ1v) is 10.1. The molecule has 11 nitrogen and oxygen atoms in total. The first kappa shape index (κ1) is 24.7. The van der Waals surface area contributed by atoms with E-state index in [2.05, 4.69) is 10.1 Å². The normalized spacial score (nSPS) is 11.4. The van der Waals surface area contributed by atoms with Crippen molar-refractivity contribution in [3.05, 3.63) is 46.0 Å². The number of nitro groups is 1. The summed E-state index contributed by atoms with van der Waals surface area (Å²) in [5.74, 6) is -1.96. The van der Waals surface area contributed by atoms with Crippen molar-refractivity contribution >= 4 is 27.3 Å². The van der Waals surface area contributed by atoms with Gasteiger partial charge in [0.15, 0.2) is 11.5 Å². The monoisotopic (exact) mass is 475 g/mol. The van der Waals surface area contributed by atoms with E-state index in [0.29, 0.717) is 6.07 Å². The molecule has 0 unspecified atom stereocenters. The van der Waals surface area contributed by atoms with Gasteiger partial charge in [-0.05, 0) is 18.2 Å². The number of ether oxygens (including phenoxy) is 3. The van der Waals surface area contributed by atoms with Crippen molar-refractivity contribution < 1.29 is 41.1 Å². The quantitative estimate of drug-likeness (QED) is 0.432. The number of anilines is 1. The molecule has 1 amide bonds. The molecule has 0 heterocycles. The number of benzene rings is 2. The van der Waals surface area contributed by atoms with E-state index in [-0.39, 0.29) is 22.1 Å². The molecular formula is C18H19F2N3O8S. The van der Waals surface area contributed by atoms with Crippen LogP contribution in [0.5, 0.6) is 17.2 Å². The van der Waals surface area contributed by atoms with E-state index in [4.69, 9.17) is 9.47 Å². The Balaban J connectivity index is 2.56. The number of carbonyl (C=O) groups is 1. The van der Waals surface area contributed by atoms with Crippen LogP contribution in [0.4, 0.5) is 20.2 Å². The number of rotatable bonds is 9. The van der Waals surface area contributed by atoms with E-state index in [9.17, 15) is 32.1 Å². The summed E-state index contributed by atoms with van der Waals surface area (Å²) < 4.78 is 65.1. The molecule has 0 saturated heterocycles. The third kappa shape index (κ3) is 5.20. The summed E-state index contributed by atoms with van der Waals surface area (Å²) in [7, 11) is 1.14. The standard InChI is InChI=1S/C18H19F2N3O8S/c1-22(2)32(27,28)10-5-6-14(29-3)12(7-10)21-17(24)11-8-15(30-4)16(31-18(19)20)9-13(11)23(25)26/h5-9,18H,1-4H3,(H,21,24). The van der Waals surface area contributed by atoms with Crippen molar-refractivity contribution in [1.29, 1.82) is 0 Å². The van der Waals surface area contributed by atoms with Crippen molar-refractivity contribution in [2.24, 2.45) is 0 Å². The molecule has 0 bridgehead atoms. The van der Waals surface area contributed by atoms with Gasteiger partial charge in [-0.25, -0.2) is 12.7 Å². The Morgan fingerprint density at radius 2 is 1.72 bits per heavy atom. The second-order valence-electron chi connectivity index (χ2n) is 6.26. The van der Waals surface area contributed by atoms with Crippen LogP contribution in [0.2, 0.25) is 0 Å². The van der Waals surface area contributed by atoms with Crippen LogP contribution in [-0.4, -0.2) is 58.5 Å². The second-order valence-corrected chi connectivity index (χ2v) is 8.41. The summed E-state index contributed by atoms with van der Waals surface area (Å²) in [6.45, 7) is -3.28. The highest BCUT2D eigenvalue weighted by Crippen LogP contribution is 2.37. The van der Waals surface area contributed by atoms with E-state index >= 15 is 0 Å². The molecule has 2 aromatic rings. The lowest BCUT2D eigenvalue weighted by atomic mass is 10.1. The summed E-state index contributed by atoms with van der Waals surface area (Å²) in [5.41, 5.74) is -1.48. The van der Waals surface area contributed by atoms with E-state index in [0.717, 1.165) is 23.5 Å². The van der Waals surface area contributed by atoms with Crippen molar-refractivity contribution in [3.8, 4) is 17.2 Å². The Morgan fingerprint density at radius 1 is 1.09 bits per heavy atom. The summed E-state index contributed by atoms with van der Waals surface area (Å²) in [4.78, 5) is 23.1. The maximum Gasteiger partial charge on any atom is 0.387 e. The van der Waals surface area contributed by atoms with Crippen LogP contribution < -0.4 is 19.5 Å². The van der Waals surface area contributed by atoms with Crippen LogP contribution >= 0.6 is 0 Å². The average molecular weight is 475 g/mol. The first-order chi connectivity index (χ1) is 14.9. The lowest BCUT2D eigenvalue weighted by molar-refractivity contribution is -0.385. The molecule has 0 saturated carbocycles. The molecule has 32 heavy (non-hydrogen) atoms. The molecule has 0 aromatic heterocycles. The molecule has 1 N–H and O–H groups in total. The minimum Gasteiger partial charge on any atom is -0.495 e. The van der Waals surface area contributed by atoms with Crippen LogP contribution in [-0.2, 0) is 10.0 Å². The number of methoxy groups -OCH3 is 2. The Morgan fingerprint density at radius 3 is 2.22 bits per heavy atom. The molecule has 0 aliphatic carbocycles. The van der Waals surface area contributed by atoms with Crippen LogP contribution in [0.1, 0.15) is 10.4 Å². The van der Waals surface area contributed by atoms with E-state index in [1.807, 2.05) is 0 Å². The van der Waals surface area contributed by atoms with Crippen molar-refractivity contribution in [3.63, 3.8) is 0 Å². The van der Waals surface area contributed by atoms with Gasteiger partial charge >= 0.3 is 6.61 Å². The highest BCUT2D eigenvalue weighted by Gasteiger charge is 2.27. The molecule has 174 valence electrons. The van der Waals surface area contributed by atoms with Crippen LogP contribution in [0.3, 0.4) is 0 Å². The zero-order valence-corrected chi connectivity index (χ0v) is 18.1. The Labute approximate surface area is 181 Å². The molecule has 2 rings (SSSR count). The minimum atomic E-state index is -3.86. The summed E-state index contributed by atoms with van der Waals surface area (Å²) in [6.07, 6.45) is 0. The zero-order valence-electron chi connectivity index (χ0n) is 17.3. The smallest absolute Gasteiger partial charge is 0.387 e. The number of nitrogens with zero attached hydrogens (tertiary/aromatic N) is 2. The fraction of sp³-hybridized carbons (Fsp3) is 0.278. The first-order valence-electron chi connectivity index (χ1n) is 8.65. The van der Waals surface area contributed by atoms with Gasteiger partial charge in [-0.15, -0.1) is 0 Å². The Hall–Kier alpha value is -3.52. The molecule has 2 aromatic carbocycles.